The summed E-state index contributed by atoms with van der Waals surface area (Å²) in [7, 11) is 2.00. The first kappa shape index (κ1) is 18.4. The molecule has 0 aromatic heterocycles. The van der Waals surface area contributed by atoms with Crippen LogP contribution in [-0.2, 0) is 4.74 Å². The number of halogens is 2. The summed E-state index contributed by atoms with van der Waals surface area (Å²) in [6.45, 7) is 6.01. The molecule has 1 aliphatic rings. The van der Waals surface area contributed by atoms with E-state index in [1.807, 2.05) is 14.0 Å². The standard InChI is InChI=1S/C17H25F2N3O2/c1-3-20-17(22(2)11-13-6-8-23-12-13)21-7-9-24-14-4-5-15(18)16(19)10-14/h4-5,10,13H,3,6-9,11-12H2,1-2H3,(H,20,21). The first-order valence-electron chi connectivity index (χ1n) is 8.25. The van der Waals surface area contributed by atoms with Crippen LogP contribution >= 0.6 is 0 Å². The molecule has 134 valence electrons. The third kappa shape index (κ3) is 5.63. The summed E-state index contributed by atoms with van der Waals surface area (Å²) in [5.41, 5.74) is 0. The van der Waals surface area contributed by atoms with E-state index < -0.39 is 11.6 Å². The fourth-order valence-corrected chi connectivity index (χ4v) is 2.55. The Kier molecular flexibility index (Phi) is 7.24. The van der Waals surface area contributed by atoms with Crippen LogP contribution in [0, 0.1) is 17.6 Å². The highest BCUT2D eigenvalue weighted by molar-refractivity contribution is 5.79. The second kappa shape index (κ2) is 9.42. The van der Waals surface area contributed by atoms with Crippen molar-refractivity contribution in [3.63, 3.8) is 0 Å². The maximum atomic E-state index is 13.1. The van der Waals surface area contributed by atoms with E-state index in [0.29, 0.717) is 24.8 Å². The molecule has 2 rings (SSSR count). The molecule has 5 nitrogen and oxygen atoms in total. The number of nitrogens with zero attached hydrogens (tertiary/aromatic N) is 2. The molecular formula is C17H25F2N3O2. The predicted molar refractivity (Wildman–Crippen MR) is 89.4 cm³/mol. The quantitative estimate of drug-likeness (QED) is 0.470. The normalized spacial score (nSPS) is 17.8. The number of hydrogen-bond acceptors (Lipinski definition) is 3. The van der Waals surface area contributed by atoms with Gasteiger partial charge in [-0.05, 0) is 25.5 Å². The van der Waals surface area contributed by atoms with E-state index in [2.05, 4.69) is 15.2 Å². The molecule has 0 saturated carbocycles. The summed E-state index contributed by atoms with van der Waals surface area (Å²) in [5.74, 6) is -0.170. The molecule has 0 radical (unpaired) electrons. The molecule has 1 unspecified atom stereocenters. The Labute approximate surface area is 141 Å². The lowest BCUT2D eigenvalue weighted by atomic mass is 10.1. The van der Waals surface area contributed by atoms with Crippen LogP contribution in [0.3, 0.4) is 0 Å². The first-order valence-corrected chi connectivity index (χ1v) is 8.25. The Balaban J connectivity index is 1.82. The summed E-state index contributed by atoms with van der Waals surface area (Å²) in [5, 5.41) is 3.24. The van der Waals surface area contributed by atoms with Gasteiger partial charge in [0.1, 0.15) is 12.4 Å². The Morgan fingerprint density at radius 2 is 2.25 bits per heavy atom. The van der Waals surface area contributed by atoms with Gasteiger partial charge in [0.25, 0.3) is 0 Å². The average molecular weight is 341 g/mol. The van der Waals surface area contributed by atoms with Gasteiger partial charge in [0, 0.05) is 38.7 Å². The molecule has 1 saturated heterocycles. The average Bonchev–Trinajstić information content (AvgIpc) is 3.06. The molecule has 0 aliphatic carbocycles. The van der Waals surface area contributed by atoms with Crippen molar-refractivity contribution < 1.29 is 18.3 Å². The number of ether oxygens (including phenoxy) is 2. The maximum Gasteiger partial charge on any atom is 0.193 e. The molecule has 7 heteroatoms. The Hall–Kier alpha value is -1.89. The summed E-state index contributed by atoms with van der Waals surface area (Å²) < 4.78 is 36.8. The van der Waals surface area contributed by atoms with Gasteiger partial charge in [0.15, 0.2) is 17.6 Å². The van der Waals surface area contributed by atoms with Crippen molar-refractivity contribution in [2.45, 2.75) is 13.3 Å². The number of nitrogens with one attached hydrogen (secondary N) is 1. The lowest BCUT2D eigenvalue weighted by molar-refractivity contribution is 0.181. The number of hydrogen-bond donors (Lipinski definition) is 1. The summed E-state index contributed by atoms with van der Waals surface area (Å²) in [6, 6.07) is 3.49. The number of benzene rings is 1. The van der Waals surface area contributed by atoms with Crippen LogP contribution in [-0.4, -0.2) is 57.4 Å². The highest BCUT2D eigenvalue weighted by Crippen LogP contribution is 2.15. The van der Waals surface area contributed by atoms with Gasteiger partial charge in [0.05, 0.1) is 13.2 Å². The fourth-order valence-electron chi connectivity index (χ4n) is 2.55. The van der Waals surface area contributed by atoms with E-state index in [-0.39, 0.29) is 0 Å². The Bertz CT molecular complexity index is 549. The lowest BCUT2D eigenvalue weighted by Gasteiger charge is -2.24. The first-order chi connectivity index (χ1) is 11.6. The molecule has 1 atom stereocenters. The maximum absolute atomic E-state index is 13.1. The van der Waals surface area contributed by atoms with Gasteiger partial charge in [-0.2, -0.15) is 0 Å². The number of aliphatic imine (C=N–C) groups is 1. The molecule has 1 N–H and O–H groups in total. The summed E-state index contributed by atoms with van der Waals surface area (Å²) in [6.07, 6.45) is 1.07. The van der Waals surface area contributed by atoms with Gasteiger partial charge in [-0.3, -0.25) is 0 Å². The van der Waals surface area contributed by atoms with Crippen molar-refractivity contribution in [3.05, 3.63) is 29.8 Å². The van der Waals surface area contributed by atoms with Crippen LogP contribution in [0.2, 0.25) is 0 Å². The highest BCUT2D eigenvalue weighted by atomic mass is 19.2. The van der Waals surface area contributed by atoms with Crippen molar-refractivity contribution in [1.82, 2.24) is 10.2 Å². The molecule has 0 amide bonds. The second-order valence-electron chi connectivity index (χ2n) is 5.77. The van der Waals surface area contributed by atoms with Gasteiger partial charge >= 0.3 is 0 Å². The van der Waals surface area contributed by atoms with Crippen molar-refractivity contribution in [2.24, 2.45) is 10.9 Å². The van der Waals surface area contributed by atoms with E-state index in [1.165, 1.54) is 6.07 Å². The van der Waals surface area contributed by atoms with Crippen molar-refractivity contribution in [2.75, 3.05) is 46.5 Å². The van der Waals surface area contributed by atoms with Gasteiger partial charge in [-0.1, -0.05) is 0 Å². The number of rotatable bonds is 7. The summed E-state index contributed by atoms with van der Waals surface area (Å²) in [4.78, 5) is 6.59. The van der Waals surface area contributed by atoms with E-state index in [9.17, 15) is 8.78 Å². The zero-order valence-corrected chi connectivity index (χ0v) is 14.2. The van der Waals surface area contributed by atoms with Gasteiger partial charge in [-0.15, -0.1) is 0 Å². The molecule has 1 aliphatic heterocycles. The van der Waals surface area contributed by atoms with Crippen LogP contribution in [0.1, 0.15) is 13.3 Å². The van der Waals surface area contributed by atoms with Crippen LogP contribution in [0.5, 0.6) is 5.75 Å². The van der Waals surface area contributed by atoms with Gasteiger partial charge in [0.2, 0.25) is 0 Å². The van der Waals surface area contributed by atoms with Crippen LogP contribution in [0.15, 0.2) is 23.2 Å². The van der Waals surface area contributed by atoms with Crippen molar-refractivity contribution in [3.8, 4) is 5.75 Å². The summed E-state index contributed by atoms with van der Waals surface area (Å²) >= 11 is 0. The molecule has 1 aromatic rings. The molecule has 1 heterocycles. The fraction of sp³-hybridized carbons (Fsp3) is 0.588. The lowest BCUT2D eigenvalue weighted by Crippen LogP contribution is -2.41. The molecule has 1 fully saturated rings. The molecule has 0 bridgehead atoms. The van der Waals surface area contributed by atoms with E-state index in [1.54, 1.807) is 0 Å². The smallest absolute Gasteiger partial charge is 0.193 e. The monoisotopic (exact) mass is 341 g/mol. The minimum atomic E-state index is -0.914. The third-order valence-electron chi connectivity index (χ3n) is 3.77. The van der Waals surface area contributed by atoms with Gasteiger partial charge < -0.3 is 19.7 Å². The van der Waals surface area contributed by atoms with Gasteiger partial charge in [-0.25, -0.2) is 13.8 Å². The van der Waals surface area contributed by atoms with Crippen LogP contribution in [0.4, 0.5) is 8.78 Å². The zero-order valence-electron chi connectivity index (χ0n) is 14.2. The van der Waals surface area contributed by atoms with Crippen LogP contribution in [0.25, 0.3) is 0 Å². The van der Waals surface area contributed by atoms with E-state index >= 15 is 0 Å². The highest BCUT2D eigenvalue weighted by Gasteiger charge is 2.18. The largest absolute Gasteiger partial charge is 0.492 e. The molecule has 0 spiro atoms. The molecule has 1 aromatic carbocycles. The van der Waals surface area contributed by atoms with Crippen molar-refractivity contribution >= 4 is 5.96 Å². The minimum Gasteiger partial charge on any atom is -0.492 e. The van der Waals surface area contributed by atoms with Crippen LogP contribution < -0.4 is 10.1 Å². The Morgan fingerprint density at radius 1 is 1.42 bits per heavy atom. The van der Waals surface area contributed by atoms with Crippen molar-refractivity contribution in [1.29, 1.82) is 0 Å². The second-order valence-corrected chi connectivity index (χ2v) is 5.77. The van der Waals surface area contributed by atoms with E-state index in [0.717, 1.165) is 50.8 Å². The minimum absolute atomic E-state index is 0.292. The third-order valence-corrected chi connectivity index (χ3v) is 3.77. The molecule has 24 heavy (non-hydrogen) atoms. The van der Waals surface area contributed by atoms with E-state index in [4.69, 9.17) is 9.47 Å². The topological polar surface area (TPSA) is 46.1 Å². The molecular weight excluding hydrogens is 316 g/mol. The number of guanidine groups is 1. The predicted octanol–water partition coefficient (Wildman–Crippen LogP) is 2.28. The Morgan fingerprint density at radius 3 is 2.92 bits per heavy atom. The zero-order chi connectivity index (χ0) is 17.4. The SMILES string of the molecule is CCNC(=NCCOc1ccc(F)c(F)c1)N(C)CC1CCOC1.